The van der Waals surface area contributed by atoms with E-state index in [4.69, 9.17) is 0 Å². The highest BCUT2D eigenvalue weighted by Crippen LogP contribution is 2.17. The zero-order valence-corrected chi connectivity index (χ0v) is 39.1. The predicted octanol–water partition coefficient (Wildman–Crippen LogP) is 17.6. The van der Waals surface area contributed by atoms with Crippen molar-refractivity contribution in [3.8, 4) is 11.1 Å². The lowest BCUT2D eigenvalue weighted by molar-refractivity contribution is 1.39. The number of aryl methyl sites for hydroxylation is 8. The van der Waals surface area contributed by atoms with Gasteiger partial charge in [0.05, 0.1) is 5.52 Å². The molecule has 0 saturated heterocycles. The second-order valence-corrected chi connectivity index (χ2v) is 15.9. The summed E-state index contributed by atoms with van der Waals surface area (Å²) in [7, 11) is 0. The van der Waals surface area contributed by atoms with Gasteiger partial charge in [-0.3, -0.25) is 4.98 Å². The molecule has 0 spiro atoms. The average molecular weight is 836 g/mol. The molecular formula is C63H65N. The Balaban J connectivity index is 0.000000165. The molecule has 10 aromatic rings. The van der Waals surface area contributed by atoms with Crippen LogP contribution in [-0.4, -0.2) is 4.98 Å². The molecule has 0 unspecified atom stereocenters. The Morgan fingerprint density at radius 2 is 0.516 bits per heavy atom. The molecule has 0 bridgehead atoms. The minimum Gasteiger partial charge on any atom is -0.256 e. The van der Waals surface area contributed by atoms with E-state index < -0.39 is 0 Å². The van der Waals surface area contributed by atoms with Crippen molar-refractivity contribution in [1.82, 2.24) is 4.98 Å². The number of nitrogens with zero attached hydrogens (tertiary/aromatic N) is 1. The fourth-order valence-electron chi connectivity index (χ4n) is 6.09. The summed E-state index contributed by atoms with van der Waals surface area (Å²) >= 11 is 0. The number of fused-ring (bicyclic) bond motifs is 2. The Kier molecular flexibility index (Phi) is 21.8. The third-order valence-electron chi connectivity index (χ3n) is 9.86. The van der Waals surface area contributed by atoms with Gasteiger partial charge in [0.25, 0.3) is 0 Å². The van der Waals surface area contributed by atoms with Gasteiger partial charge in [0.15, 0.2) is 0 Å². The van der Waals surface area contributed by atoms with E-state index in [1.807, 2.05) is 60.8 Å². The Morgan fingerprint density at radius 3 is 0.906 bits per heavy atom. The molecule has 10 rings (SSSR count). The van der Waals surface area contributed by atoms with Crippen molar-refractivity contribution in [2.24, 2.45) is 0 Å². The van der Waals surface area contributed by atoms with Crippen LogP contribution in [0.1, 0.15) is 44.5 Å². The smallest absolute Gasteiger partial charge is 0.0704 e. The third kappa shape index (κ3) is 20.0. The molecule has 1 heteroatoms. The van der Waals surface area contributed by atoms with Crippen LogP contribution in [0.25, 0.3) is 32.8 Å². The fraction of sp³-hybridized carbons (Fsp3) is 0.127. The minimum atomic E-state index is 1.08. The maximum absolute atomic E-state index is 4.24. The zero-order chi connectivity index (χ0) is 45.8. The summed E-state index contributed by atoms with van der Waals surface area (Å²) in [4.78, 5) is 4.24. The lowest BCUT2D eigenvalue weighted by Gasteiger charge is -1.98. The number of aromatic nitrogens is 1. The second-order valence-electron chi connectivity index (χ2n) is 15.9. The Hall–Kier alpha value is -7.35. The molecule has 1 aromatic heterocycles. The van der Waals surface area contributed by atoms with E-state index in [0.717, 1.165) is 5.52 Å². The Morgan fingerprint density at radius 1 is 0.219 bits per heavy atom. The van der Waals surface area contributed by atoms with Gasteiger partial charge in [0.2, 0.25) is 0 Å². The van der Waals surface area contributed by atoms with Gasteiger partial charge < -0.3 is 0 Å². The molecule has 0 atom stereocenters. The lowest BCUT2D eigenvalue weighted by Crippen LogP contribution is -1.77. The summed E-state index contributed by atoms with van der Waals surface area (Å²) in [5, 5.41) is 3.85. The molecule has 64 heavy (non-hydrogen) atoms. The number of hydrogen-bond donors (Lipinski definition) is 0. The van der Waals surface area contributed by atoms with Crippen molar-refractivity contribution < 1.29 is 0 Å². The van der Waals surface area contributed by atoms with Crippen molar-refractivity contribution >= 4 is 21.7 Å². The van der Waals surface area contributed by atoms with Crippen LogP contribution in [0, 0.1) is 55.4 Å². The van der Waals surface area contributed by atoms with E-state index in [2.05, 4.69) is 248 Å². The highest BCUT2D eigenvalue weighted by Gasteiger charge is 1.93. The molecule has 1 nitrogen and oxygen atoms in total. The molecule has 0 fully saturated rings. The molecule has 0 aliphatic carbocycles. The summed E-state index contributed by atoms with van der Waals surface area (Å²) in [5.41, 5.74) is 14.2. The van der Waals surface area contributed by atoms with Crippen molar-refractivity contribution in [3.63, 3.8) is 0 Å². The summed E-state index contributed by atoms with van der Waals surface area (Å²) in [6.45, 7) is 16.7. The van der Waals surface area contributed by atoms with Crippen molar-refractivity contribution in [2.45, 2.75) is 55.4 Å². The van der Waals surface area contributed by atoms with E-state index in [1.165, 1.54) is 71.8 Å². The summed E-state index contributed by atoms with van der Waals surface area (Å²) < 4.78 is 0. The molecule has 0 radical (unpaired) electrons. The summed E-state index contributed by atoms with van der Waals surface area (Å²) in [6.07, 6.45) is 1.82. The first kappa shape index (κ1) is 49.3. The van der Waals surface area contributed by atoms with Crippen LogP contribution in [0.5, 0.6) is 0 Å². The van der Waals surface area contributed by atoms with Gasteiger partial charge in [0.1, 0.15) is 0 Å². The van der Waals surface area contributed by atoms with E-state index >= 15 is 0 Å². The second kappa shape index (κ2) is 28.3. The molecular weight excluding hydrogens is 771 g/mol. The number of pyridine rings is 1. The lowest BCUT2D eigenvalue weighted by atomic mass is 10.1. The zero-order valence-electron chi connectivity index (χ0n) is 39.1. The fourth-order valence-corrected chi connectivity index (χ4v) is 6.09. The van der Waals surface area contributed by atoms with Crippen LogP contribution in [0.4, 0.5) is 0 Å². The van der Waals surface area contributed by atoms with E-state index in [-0.39, 0.29) is 0 Å². The molecule has 0 aliphatic rings. The molecule has 1 heterocycles. The molecule has 322 valence electrons. The van der Waals surface area contributed by atoms with Crippen molar-refractivity contribution in [3.05, 3.63) is 293 Å². The normalized spacial score (nSPS) is 9.56. The molecule has 0 amide bonds. The summed E-state index contributed by atoms with van der Waals surface area (Å²) in [5.74, 6) is 0. The molecule has 0 N–H and O–H groups in total. The maximum Gasteiger partial charge on any atom is 0.0704 e. The standard InChI is InChI=1S/C12H10.C11H10.C10H9N.2C8H10.2C7H8/c1-3-7-11(8-4-1)12-9-5-2-6-10-12;1-9-6-7-10-4-2-3-5-11(10)8-9;1-8-4-5-9-3-2-6-11-10(9)7-8;2*1-7-3-5-8(2)6-4-7;2*1-7-5-3-2-4-6-7/h1-10H;2-8H,1H3;2-7H,1H3;2*3-6H,1-2H3;2*2-6H,1H3. The largest absolute Gasteiger partial charge is 0.256 e. The Labute approximate surface area is 384 Å². The van der Waals surface area contributed by atoms with Gasteiger partial charge in [-0.05, 0) is 95.0 Å². The van der Waals surface area contributed by atoms with Crippen LogP contribution in [0.2, 0.25) is 0 Å². The molecule has 9 aromatic carbocycles. The van der Waals surface area contributed by atoms with E-state index in [1.54, 1.807) is 0 Å². The Bertz CT molecular complexity index is 2500. The topological polar surface area (TPSA) is 12.9 Å². The van der Waals surface area contributed by atoms with Gasteiger partial charge in [-0.25, -0.2) is 0 Å². The number of rotatable bonds is 1. The first-order valence-electron chi connectivity index (χ1n) is 22.0. The maximum atomic E-state index is 4.24. The van der Waals surface area contributed by atoms with Gasteiger partial charge in [-0.2, -0.15) is 0 Å². The highest BCUT2D eigenvalue weighted by atomic mass is 14.6. The summed E-state index contributed by atoms with van der Waals surface area (Å²) in [6, 6.07) is 83.5. The first-order chi connectivity index (χ1) is 31.0. The molecule has 0 saturated carbocycles. The van der Waals surface area contributed by atoms with Crippen LogP contribution in [0.3, 0.4) is 0 Å². The van der Waals surface area contributed by atoms with Crippen LogP contribution < -0.4 is 0 Å². The average Bonchev–Trinajstić information content (AvgIpc) is 3.33. The van der Waals surface area contributed by atoms with Gasteiger partial charge in [0, 0.05) is 11.6 Å². The quantitative estimate of drug-likeness (QED) is 0.161. The first-order valence-corrected chi connectivity index (χ1v) is 22.0. The minimum absolute atomic E-state index is 1.08. The van der Waals surface area contributed by atoms with Gasteiger partial charge >= 0.3 is 0 Å². The molecule has 0 aliphatic heterocycles. The van der Waals surface area contributed by atoms with Crippen LogP contribution in [0.15, 0.2) is 249 Å². The van der Waals surface area contributed by atoms with Crippen LogP contribution >= 0.6 is 0 Å². The van der Waals surface area contributed by atoms with Crippen molar-refractivity contribution in [2.75, 3.05) is 0 Å². The van der Waals surface area contributed by atoms with Gasteiger partial charge in [-0.1, -0.05) is 269 Å². The van der Waals surface area contributed by atoms with Gasteiger partial charge in [-0.15, -0.1) is 0 Å². The SMILES string of the molecule is Cc1ccc(C)cc1.Cc1ccc(C)cc1.Cc1ccc2ccccc2c1.Cc1ccc2cccnc2c1.Cc1ccccc1.Cc1ccccc1.c1ccc(-c2ccccc2)cc1. The predicted molar refractivity (Wildman–Crippen MR) is 281 cm³/mol. The van der Waals surface area contributed by atoms with Crippen LogP contribution in [-0.2, 0) is 0 Å². The highest BCUT2D eigenvalue weighted by molar-refractivity contribution is 5.83. The monoisotopic (exact) mass is 836 g/mol. The third-order valence-corrected chi connectivity index (χ3v) is 9.86. The number of hydrogen-bond acceptors (Lipinski definition) is 1. The van der Waals surface area contributed by atoms with Crippen molar-refractivity contribution in [1.29, 1.82) is 0 Å². The van der Waals surface area contributed by atoms with E-state index in [9.17, 15) is 0 Å². The van der Waals surface area contributed by atoms with E-state index in [0.29, 0.717) is 0 Å². The number of benzene rings is 9.